The molecule has 0 aromatic heterocycles. The molecule has 0 spiro atoms. The topological polar surface area (TPSA) is 80.3 Å². The molecule has 1 saturated heterocycles. The fourth-order valence-corrected chi connectivity index (χ4v) is 5.21. The second-order valence-corrected chi connectivity index (χ2v) is 8.98. The molecule has 1 aliphatic rings. The van der Waals surface area contributed by atoms with Crippen LogP contribution in [0.4, 0.5) is 0 Å². The summed E-state index contributed by atoms with van der Waals surface area (Å²) in [6.07, 6.45) is 0.314. The number of halogens is 1. The van der Waals surface area contributed by atoms with Gasteiger partial charge in [-0.1, -0.05) is 11.6 Å². The van der Waals surface area contributed by atoms with Gasteiger partial charge in [-0.15, -0.1) is 0 Å². The van der Waals surface area contributed by atoms with Gasteiger partial charge in [0.15, 0.2) is 9.84 Å². The Balaban J connectivity index is 2.21. The molecular weight excluding hydrogens is 310 g/mol. The molecule has 106 valence electrons. The quantitative estimate of drug-likeness (QED) is 0.903. The highest BCUT2D eigenvalue weighted by atomic mass is 35.5. The summed E-state index contributed by atoms with van der Waals surface area (Å²) in [6.45, 7) is 1.71. The van der Waals surface area contributed by atoms with Crippen LogP contribution in [0.2, 0.25) is 5.02 Å². The summed E-state index contributed by atoms with van der Waals surface area (Å²) in [6, 6.07) is 3.83. The van der Waals surface area contributed by atoms with E-state index in [0.717, 1.165) is 0 Å². The fourth-order valence-electron chi connectivity index (χ4n) is 1.96. The number of nitrogens with one attached hydrogen (secondary N) is 1. The first-order valence-corrected chi connectivity index (χ1v) is 9.37. The van der Waals surface area contributed by atoms with Gasteiger partial charge in [-0.2, -0.15) is 0 Å². The van der Waals surface area contributed by atoms with Crippen LogP contribution >= 0.6 is 11.6 Å². The van der Waals surface area contributed by atoms with E-state index in [4.69, 9.17) is 11.6 Å². The highest BCUT2D eigenvalue weighted by Crippen LogP contribution is 2.21. The van der Waals surface area contributed by atoms with Crippen LogP contribution in [0.5, 0.6) is 0 Å². The van der Waals surface area contributed by atoms with Crippen molar-refractivity contribution in [1.29, 1.82) is 0 Å². The van der Waals surface area contributed by atoms with Gasteiger partial charge in [-0.25, -0.2) is 21.6 Å². The second-order valence-electron chi connectivity index (χ2n) is 4.63. The molecule has 2 rings (SSSR count). The minimum Gasteiger partial charge on any atom is -0.229 e. The van der Waals surface area contributed by atoms with E-state index < -0.39 is 25.9 Å². The molecule has 1 N–H and O–H groups in total. The minimum atomic E-state index is -3.71. The number of rotatable bonds is 3. The lowest BCUT2D eigenvalue weighted by Crippen LogP contribution is -2.35. The van der Waals surface area contributed by atoms with Crippen molar-refractivity contribution in [1.82, 2.24) is 4.72 Å². The Morgan fingerprint density at radius 3 is 2.58 bits per heavy atom. The first-order chi connectivity index (χ1) is 8.70. The molecule has 19 heavy (non-hydrogen) atoms. The summed E-state index contributed by atoms with van der Waals surface area (Å²) in [5.41, 5.74) is 0.656. The maximum absolute atomic E-state index is 12.1. The molecule has 1 unspecified atom stereocenters. The Morgan fingerprint density at radius 1 is 1.37 bits per heavy atom. The van der Waals surface area contributed by atoms with E-state index in [0.29, 0.717) is 17.0 Å². The summed E-state index contributed by atoms with van der Waals surface area (Å²) in [5.74, 6) is -0.112. The molecule has 0 saturated carbocycles. The standard InChI is InChI=1S/C11H14ClNO4S2/c1-8-6-10(2-3-11(8)12)19(16,17)13-9-4-5-18(14,15)7-9/h2-3,6,9,13H,4-5,7H2,1H3. The molecule has 1 atom stereocenters. The lowest BCUT2D eigenvalue weighted by atomic mass is 10.2. The van der Waals surface area contributed by atoms with Crippen molar-refractivity contribution in [3.63, 3.8) is 0 Å². The molecule has 1 aliphatic heterocycles. The predicted molar refractivity (Wildman–Crippen MR) is 73.6 cm³/mol. The average molecular weight is 324 g/mol. The zero-order valence-electron chi connectivity index (χ0n) is 10.3. The van der Waals surface area contributed by atoms with Gasteiger partial charge in [-0.3, -0.25) is 0 Å². The predicted octanol–water partition coefficient (Wildman–Crippen LogP) is 1.11. The summed E-state index contributed by atoms with van der Waals surface area (Å²) in [7, 11) is -6.82. The molecular formula is C11H14ClNO4S2. The zero-order chi connectivity index (χ0) is 14.3. The summed E-state index contributed by atoms with van der Waals surface area (Å²) >= 11 is 5.84. The van der Waals surface area contributed by atoms with E-state index in [1.807, 2.05) is 0 Å². The van der Waals surface area contributed by atoms with Crippen LogP contribution in [-0.4, -0.2) is 34.4 Å². The third-order valence-corrected chi connectivity index (χ3v) is 6.70. The van der Waals surface area contributed by atoms with E-state index in [1.54, 1.807) is 6.92 Å². The first kappa shape index (κ1) is 14.8. The zero-order valence-corrected chi connectivity index (χ0v) is 12.6. The van der Waals surface area contributed by atoms with Gasteiger partial charge in [0.2, 0.25) is 10.0 Å². The Morgan fingerprint density at radius 2 is 2.05 bits per heavy atom. The number of sulfonamides is 1. The van der Waals surface area contributed by atoms with Crippen molar-refractivity contribution in [2.45, 2.75) is 24.3 Å². The Labute approximate surface area is 117 Å². The van der Waals surface area contributed by atoms with Gasteiger partial charge < -0.3 is 0 Å². The molecule has 5 nitrogen and oxygen atoms in total. The van der Waals surface area contributed by atoms with Crippen molar-refractivity contribution < 1.29 is 16.8 Å². The van der Waals surface area contributed by atoms with Crippen molar-refractivity contribution >= 4 is 31.5 Å². The van der Waals surface area contributed by atoms with E-state index in [9.17, 15) is 16.8 Å². The van der Waals surface area contributed by atoms with Crippen LogP contribution in [0.1, 0.15) is 12.0 Å². The monoisotopic (exact) mass is 323 g/mol. The van der Waals surface area contributed by atoms with Crippen LogP contribution in [0.3, 0.4) is 0 Å². The van der Waals surface area contributed by atoms with Crippen molar-refractivity contribution in [2.75, 3.05) is 11.5 Å². The molecule has 0 radical (unpaired) electrons. The summed E-state index contributed by atoms with van der Waals surface area (Å²) in [5, 5.41) is 0.488. The average Bonchev–Trinajstić information content (AvgIpc) is 2.61. The number of sulfone groups is 1. The van der Waals surface area contributed by atoms with Crippen LogP contribution in [-0.2, 0) is 19.9 Å². The molecule has 1 heterocycles. The van der Waals surface area contributed by atoms with Gasteiger partial charge in [-0.05, 0) is 37.1 Å². The fraction of sp³-hybridized carbons (Fsp3) is 0.455. The van der Waals surface area contributed by atoms with Crippen molar-refractivity contribution in [2.24, 2.45) is 0 Å². The van der Waals surface area contributed by atoms with Gasteiger partial charge in [0, 0.05) is 11.1 Å². The van der Waals surface area contributed by atoms with Gasteiger partial charge in [0.1, 0.15) is 0 Å². The molecule has 0 amide bonds. The first-order valence-electron chi connectivity index (χ1n) is 5.68. The second kappa shape index (κ2) is 5.05. The molecule has 0 bridgehead atoms. The third-order valence-electron chi connectivity index (χ3n) is 2.99. The SMILES string of the molecule is Cc1cc(S(=O)(=O)NC2CCS(=O)(=O)C2)ccc1Cl. The largest absolute Gasteiger partial charge is 0.240 e. The highest BCUT2D eigenvalue weighted by molar-refractivity contribution is 7.92. The van der Waals surface area contributed by atoms with Crippen LogP contribution in [0.25, 0.3) is 0 Å². The maximum Gasteiger partial charge on any atom is 0.240 e. The Hall–Kier alpha value is -0.630. The van der Waals surface area contributed by atoms with Crippen LogP contribution < -0.4 is 4.72 Å². The van der Waals surface area contributed by atoms with E-state index in [1.165, 1.54) is 18.2 Å². The van der Waals surface area contributed by atoms with Crippen LogP contribution in [0, 0.1) is 6.92 Å². The van der Waals surface area contributed by atoms with E-state index in [2.05, 4.69) is 4.72 Å². The maximum atomic E-state index is 12.1. The summed E-state index contributed by atoms with van der Waals surface area (Å²) in [4.78, 5) is 0.0960. The van der Waals surface area contributed by atoms with Crippen LogP contribution in [0.15, 0.2) is 23.1 Å². The number of benzene rings is 1. The normalized spacial score (nSPS) is 22.5. The van der Waals surface area contributed by atoms with E-state index >= 15 is 0 Å². The number of hydrogen-bond acceptors (Lipinski definition) is 4. The molecule has 1 fully saturated rings. The van der Waals surface area contributed by atoms with E-state index in [-0.39, 0.29) is 16.4 Å². The van der Waals surface area contributed by atoms with Crippen molar-refractivity contribution in [3.05, 3.63) is 28.8 Å². The molecule has 1 aromatic rings. The highest BCUT2D eigenvalue weighted by Gasteiger charge is 2.31. The number of hydrogen-bond donors (Lipinski definition) is 1. The van der Waals surface area contributed by atoms with Gasteiger partial charge >= 0.3 is 0 Å². The third kappa shape index (κ3) is 3.47. The molecule has 8 heteroatoms. The minimum absolute atomic E-state index is 0.0276. The van der Waals surface area contributed by atoms with Crippen molar-refractivity contribution in [3.8, 4) is 0 Å². The lowest BCUT2D eigenvalue weighted by molar-refractivity contribution is 0.562. The lowest BCUT2D eigenvalue weighted by Gasteiger charge is -2.12. The van der Waals surface area contributed by atoms with Gasteiger partial charge in [0.05, 0.1) is 16.4 Å². The number of aryl methyl sites for hydroxylation is 1. The Bertz CT molecular complexity index is 697. The molecule has 1 aromatic carbocycles. The van der Waals surface area contributed by atoms with Gasteiger partial charge in [0.25, 0.3) is 0 Å². The smallest absolute Gasteiger partial charge is 0.229 e. The Kier molecular flexibility index (Phi) is 3.92. The summed E-state index contributed by atoms with van der Waals surface area (Å²) < 4.78 is 49.3. The molecule has 0 aliphatic carbocycles.